The fraction of sp³-hybridized carbons (Fsp3) is 0.484. The number of nitrogens with zero attached hydrogens (tertiary/aromatic N) is 6. The van der Waals surface area contributed by atoms with Crippen molar-refractivity contribution in [2.24, 2.45) is 11.8 Å². The average molecular weight is 529 g/mol. The third-order valence-corrected chi connectivity index (χ3v) is 7.16. The van der Waals surface area contributed by atoms with Crippen molar-refractivity contribution in [2.45, 2.75) is 47.5 Å². The van der Waals surface area contributed by atoms with Gasteiger partial charge in [-0.25, -0.2) is 19.9 Å². The normalized spacial score (nSPS) is 11.5. The second-order valence-corrected chi connectivity index (χ2v) is 11.1. The minimum Gasteiger partial charge on any atom is -0.373 e. The Morgan fingerprint density at radius 1 is 0.692 bits per heavy atom. The largest absolute Gasteiger partial charge is 0.373 e. The van der Waals surface area contributed by atoms with Crippen LogP contribution in [0.3, 0.4) is 0 Å². The quantitative estimate of drug-likeness (QED) is 0.193. The Balaban J connectivity index is 1.42. The summed E-state index contributed by atoms with van der Waals surface area (Å²) in [6.45, 7) is 15.7. The highest BCUT2D eigenvalue weighted by atomic mass is 15.2. The molecular weight excluding hydrogens is 484 g/mol. The number of likely N-dealkylation sites (N-methyl/N-ethyl adjacent to an activating group) is 2. The van der Waals surface area contributed by atoms with Crippen molar-refractivity contribution < 1.29 is 0 Å². The van der Waals surface area contributed by atoms with E-state index in [1.54, 1.807) is 12.7 Å². The summed E-state index contributed by atoms with van der Waals surface area (Å²) in [6, 6.07) is 13.0. The van der Waals surface area contributed by atoms with Crippen molar-refractivity contribution in [3.63, 3.8) is 0 Å². The zero-order valence-electron chi connectivity index (χ0n) is 24.4. The Bertz CT molecular complexity index is 1350. The van der Waals surface area contributed by atoms with E-state index in [4.69, 9.17) is 0 Å². The van der Waals surface area contributed by atoms with Gasteiger partial charge in [-0.3, -0.25) is 0 Å². The van der Waals surface area contributed by atoms with Crippen molar-refractivity contribution >= 4 is 44.8 Å². The van der Waals surface area contributed by atoms with Crippen molar-refractivity contribution in [2.75, 3.05) is 60.2 Å². The molecule has 208 valence electrons. The Morgan fingerprint density at radius 3 is 1.72 bits per heavy atom. The molecule has 2 aromatic carbocycles. The van der Waals surface area contributed by atoms with Gasteiger partial charge in [0.15, 0.2) is 0 Å². The molecule has 0 saturated carbocycles. The van der Waals surface area contributed by atoms with Crippen LogP contribution in [0.5, 0.6) is 0 Å². The number of nitrogens with one attached hydrogen (secondary N) is 2. The third kappa shape index (κ3) is 7.46. The molecule has 0 spiro atoms. The van der Waals surface area contributed by atoms with Crippen LogP contribution in [0.25, 0.3) is 21.8 Å². The van der Waals surface area contributed by atoms with Gasteiger partial charge in [-0.2, -0.15) is 0 Å². The molecule has 0 amide bonds. The lowest BCUT2D eigenvalue weighted by molar-refractivity contribution is 0.606. The van der Waals surface area contributed by atoms with Crippen LogP contribution in [0.15, 0.2) is 49.1 Å². The summed E-state index contributed by atoms with van der Waals surface area (Å²) in [5.41, 5.74) is 4.25. The fourth-order valence-electron chi connectivity index (χ4n) is 4.63. The predicted molar refractivity (Wildman–Crippen MR) is 166 cm³/mol. The van der Waals surface area contributed by atoms with Crippen LogP contribution in [0.2, 0.25) is 0 Å². The van der Waals surface area contributed by atoms with Gasteiger partial charge in [-0.05, 0) is 68.0 Å². The second kappa shape index (κ2) is 13.4. The molecule has 0 aliphatic rings. The van der Waals surface area contributed by atoms with Gasteiger partial charge in [-0.15, -0.1) is 0 Å². The summed E-state index contributed by atoms with van der Waals surface area (Å²) in [5.74, 6) is 3.13. The van der Waals surface area contributed by atoms with Gasteiger partial charge in [0.25, 0.3) is 0 Å². The van der Waals surface area contributed by atoms with Crippen LogP contribution in [0.1, 0.15) is 47.5 Å². The summed E-state index contributed by atoms with van der Waals surface area (Å²) >= 11 is 0. The predicted octanol–water partition coefficient (Wildman–Crippen LogP) is 6.45. The van der Waals surface area contributed by atoms with Crippen molar-refractivity contribution in [1.82, 2.24) is 19.9 Å². The molecule has 0 radical (unpaired) electrons. The van der Waals surface area contributed by atoms with Gasteiger partial charge in [0, 0.05) is 61.9 Å². The summed E-state index contributed by atoms with van der Waals surface area (Å²) < 4.78 is 0. The van der Waals surface area contributed by atoms with Crippen molar-refractivity contribution in [3.8, 4) is 0 Å². The molecule has 4 aromatic rings. The first-order valence-corrected chi connectivity index (χ1v) is 14.3. The molecule has 0 aliphatic carbocycles. The Morgan fingerprint density at radius 2 is 1.21 bits per heavy atom. The number of hydrogen-bond acceptors (Lipinski definition) is 8. The Hall–Kier alpha value is -3.68. The molecule has 8 heteroatoms. The standard InChI is InChI=1S/C31H44N8/c1-7-39(25-9-11-27-29(19-25)35-21-37-31(27)33-15-13-23(4)5)17-16-38(6)24-8-10-26-28(18-24)34-20-36-30(26)32-14-12-22(2)3/h8-11,18-23H,7,12-17H2,1-6H3,(H,32,34,36)(H,33,35,37). The van der Waals surface area contributed by atoms with E-state index in [9.17, 15) is 0 Å². The van der Waals surface area contributed by atoms with E-state index >= 15 is 0 Å². The first-order valence-electron chi connectivity index (χ1n) is 14.3. The lowest BCUT2D eigenvalue weighted by atomic mass is 10.1. The molecule has 2 heterocycles. The van der Waals surface area contributed by atoms with Crippen LogP contribution in [0, 0.1) is 11.8 Å². The van der Waals surface area contributed by atoms with E-state index in [2.05, 4.69) is 118 Å². The smallest absolute Gasteiger partial charge is 0.137 e. The van der Waals surface area contributed by atoms with Gasteiger partial charge < -0.3 is 20.4 Å². The number of fused-ring (bicyclic) bond motifs is 2. The molecule has 2 aromatic heterocycles. The molecule has 39 heavy (non-hydrogen) atoms. The number of anilines is 4. The van der Waals surface area contributed by atoms with E-state index in [1.807, 2.05) is 0 Å². The van der Waals surface area contributed by atoms with E-state index < -0.39 is 0 Å². The minimum absolute atomic E-state index is 0.658. The topological polar surface area (TPSA) is 82.1 Å². The maximum Gasteiger partial charge on any atom is 0.137 e. The minimum atomic E-state index is 0.658. The van der Waals surface area contributed by atoms with Crippen LogP contribution in [-0.2, 0) is 0 Å². The highest BCUT2D eigenvalue weighted by molar-refractivity contribution is 5.92. The highest BCUT2D eigenvalue weighted by Gasteiger charge is 2.12. The molecule has 0 saturated heterocycles. The number of benzene rings is 2. The van der Waals surface area contributed by atoms with E-state index in [1.165, 1.54) is 5.69 Å². The van der Waals surface area contributed by atoms with Gasteiger partial charge in [0.2, 0.25) is 0 Å². The molecule has 0 bridgehead atoms. The zero-order valence-corrected chi connectivity index (χ0v) is 24.4. The van der Waals surface area contributed by atoms with Gasteiger partial charge in [0.05, 0.1) is 11.0 Å². The molecule has 0 unspecified atom stereocenters. The highest BCUT2D eigenvalue weighted by Crippen LogP contribution is 2.27. The number of hydrogen-bond donors (Lipinski definition) is 2. The van der Waals surface area contributed by atoms with Crippen molar-refractivity contribution in [1.29, 1.82) is 0 Å². The van der Waals surface area contributed by atoms with Crippen LogP contribution in [-0.4, -0.2) is 59.7 Å². The van der Waals surface area contributed by atoms with Gasteiger partial charge >= 0.3 is 0 Å². The summed E-state index contributed by atoms with van der Waals surface area (Å²) in [5, 5.41) is 9.09. The first kappa shape index (κ1) is 28.3. The van der Waals surface area contributed by atoms with Gasteiger partial charge in [-0.1, -0.05) is 27.7 Å². The molecule has 0 atom stereocenters. The lowest BCUT2D eigenvalue weighted by Gasteiger charge is -2.27. The number of rotatable bonds is 14. The monoisotopic (exact) mass is 528 g/mol. The van der Waals surface area contributed by atoms with Gasteiger partial charge in [0.1, 0.15) is 24.3 Å². The van der Waals surface area contributed by atoms with Crippen LogP contribution in [0.4, 0.5) is 23.0 Å². The molecular formula is C31H44N8. The SMILES string of the molecule is CCN(CCN(C)c1ccc2c(NCCC(C)C)ncnc2c1)c1ccc2c(NCCC(C)C)ncnc2c1. The first-order chi connectivity index (χ1) is 18.9. The maximum absolute atomic E-state index is 4.56. The van der Waals surface area contributed by atoms with Crippen LogP contribution < -0.4 is 20.4 Å². The summed E-state index contributed by atoms with van der Waals surface area (Å²) in [6.07, 6.45) is 5.53. The fourth-order valence-corrected chi connectivity index (χ4v) is 4.63. The summed E-state index contributed by atoms with van der Waals surface area (Å²) in [4.78, 5) is 22.7. The van der Waals surface area contributed by atoms with Crippen LogP contribution >= 0.6 is 0 Å². The molecule has 0 fully saturated rings. The number of aromatic nitrogens is 4. The average Bonchev–Trinajstić information content (AvgIpc) is 2.92. The zero-order chi connectivity index (χ0) is 27.8. The maximum atomic E-state index is 4.56. The van der Waals surface area contributed by atoms with E-state index in [0.717, 1.165) is 84.7 Å². The van der Waals surface area contributed by atoms with E-state index in [0.29, 0.717) is 11.8 Å². The molecule has 2 N–H and O–H groups in total. The second-order valence-electron chi connectivity index (χ2n) is 11.1. The van der Waals surface area contributed by atoms with Crippen molar-refractivity contribution in [3.05, 3.63) is 49.1 Å². The molecule has 8 nitrogen and oxygen atoms in total. The van der Waals surface area contributed by atoms with E-state index in [-0.39, 0.29) is 0 Å². The Kier molecular flexibility index (Phi) is 9.74. The lowest BCUT2D eigenvalue weighted by Crippen LogP contribution is -2.33. The molecule has 0 aliphatic heterocycles. The third-order valence-electron chi connectivity index (χ3n) is 7.16. The summed E-state index contributed by atoms with van der Waals surface area (Å²) in [7, 11) is 2.14. The molecule has 4 rings (SSSR count). The Labute approximate surface area is 233 Å².